The molecule has 1 saturated heterocycles. The van der Waals surface area contributed by atoms with Crippen LogP contribution < -0.4 is 0 Å². The van der Waals surface area contributed by atoms with Gasteiger partial charge in [0.05, 0.1) is 0 Å². The van der Waals surface area contributed by atoms with Gasteiger partial charge in [-0.25, -0.2) is 0 Å². The van der Waals surface area contributed by atoms with Crippen molar-refractivity contribution >= 4 is 10.8 Å². The van der Waals surface area contributed by atoms with E-state index in [1.54, 1.807) is 0 Å². The van der Waals surface area contributed by atoms with Gasteiger partial charge in [0.1, 0.15) is 0 Å². The summed E-state index contributed by atoms with van der Waals surface area (Å²) in [5.74, 6) is 0.946. The maximum absolute atomic E-state index is 11.1. The third-order valence-electron chi connectivity index (χ3n) is 1.90. The van der Waals surface area contributed by atoms with Crippen molar-refractivity contribution in [3.8, 4) is 0 Å². The number of rotatable bonds is 0. The minimum Gasteiger partial charge on any atom is -0.259 e. The van der Waals surface area contributed by atoms with Crippen LogP contribution in [0.2, 0.25) is 0 Å². The lowest BCUT2D eigenvalue weighted by Crippen LogP contribution is -2.10. The highest BCUT2D eigenvalue weighted by atomic mass is 32.2. The Morgan fingerprint density at radius 2 is 2.11 bits per heavy atom. The Balaban J connectivity index is 2.41. The Morgan fingerprint density at radius 1 is 1.33 bits per heavy atom. The van der Waals surface area contributed by atoms with Crippen LogP contribution in [-0.4, -0.2) is 15.2 Å². The Morgan fingerprint density at radius 3 is 2.89 bits per heavy atom. The highest BCUT2D eigenvalue weighted by Gasteiger charge is 2.13. The molecule has 0 amide bonds. The van der Waals surface area contributed by atoms with Gasteiger partial charge in [-0.05, 0) is 12.8 Å². The summed E-state index contributed by atoms with van der Waals surface area (Å²) in [6.07, 6.45) is 4.92. The standard InChI is InChI=1S/C7H14OS/c1-7-5-3-2-4-6-9(7)8/h7H,2-6H2,1H3/t7-,9-/m0/s1. The number of hydrogen-bond acceptors (Lipinski definition) is 1. The SMILES string of the molecule is C[C@H]1CCCCC[S@@]1=O. The predicted molar refractivity (Wildman–Crippen MR) is 40.9 cm³/mol. The molecule has 0 radical (unpaired) electrons. The Hall–Kier alpha value is 0.150. The predicted octanol–water partition coefficient (Wildman–Crippen LogP) is 1.70. The summed E-state index contributed by atoms with van der Waals surface area (Å²) in [6, 6.07) is 0. The molecule has 0 aromatic heterocycles. The molecule has 0 aromatic rings. The van der Waals surface area contributed by atoms with Gasteiger partial charge >= 0.3 is 0 Å². The molecule has 0 spiro atoms. The summed E-state index contributed by atoms with van der Waals surface area (Å²) in [4.78, 5) is 0. The topological polar surface area (TPSA) is 17.1 Å². The van der Waals surface area contributed by atoms with Gasteiger partial charge in [-0.1, -0.05) is 19.8 Å². The maximum Gasteiger partial charge on any atom is 0.0319 e. The Labute approximate surface area is 59.3 Å². The molecule has 0 N–H and O–H groups in total. The van der Waals surface area contributed by atoms with Crippen LogP contribution in [0.4, 0.5) is 0 Å². The van der Waals surface area contributed by atoms with Crippen molar-refractivity contribution in [3.05, 3.63) is 0 Å². The van der Waals surface area contributed by atoms with E-state index in [1.807, 2.05) is 0 Å². The summed E-state index contributed by atoms with van der Waals surface area (Å²) < 4.78 is 11.1. The summed E-state index contributed by atoms with van der Waals surface area (Å²) in [5, 5.41) is 0.465. The molecule has 1 aliphatic rings. The fourth-order valence-electron chi connectivity index (χ4n) is 1.19. The second kappa shape index (κ2) is 3.35. The number of hydrogen-bond donors (Lipinski definition) is 0. The first-order valence-corrected chi connectivity index (χ1v) is 5.06. The first-order valence-electron chi connectivity index (χ1n) is 3.68. The highest BCUT2D eigenvalue weighted by Crippen LogP contribution is 2.14. The normalized spacial score (nSPS) is 37.9. The molecule has 0 bridgehead atoms. The molecular formula is C7H14OS. The van der Waals surface area contributed by atoms with Crippen molar-refractivity contribution in [1.29, 1.82) is 0 Å². The van der Waals surface area contributed by atoms with Crippen LogP contribution in [0.3, 0.4) is 0 Å². The summed E-state index contributed by atoms with van der Waals surface area (Å²) in [7, 11) is -0.502. The second-order valence-corrected chi connectivity index (χ2v) is 4.72. The van der Waals surface area contributed by atoms with E-state index in [4.69, 9.17) is 0 Å². The highest BCUT2D eigenvalue weighted by molar-refractivity contribution is 7.85. The Kier molecular flexibility index (Phi) is 2.70. The smallest absolute Gasteiger partial charge is 0.0319 e. The van der Waals surface area contributed by atoms with E-state index in [9.17, 15) is 4.21 Å². The van der Waals surface area contributed by atoms with Crippen molar-refractivity contribution in [3.63, 3.8) is 0 Å². The second-order valence-electron chi connectivity index (χ2n) is 2.74. The van der Waals surface area contributed by atoms with Crippen molar-refractivity contribution in [2.24, 2.45) is 0 Å². The largest absolute Gasteiger partial charge is 0.259 e. The minimum absolute atomic E-state index is 0.465. The molecule has 1 rings (SSSR count). The Bertz CT molecular complexity index is 111. The van der Waals surface area contributed by atoms with Crippen molar-refractivity contribution in [2.45, 2.75) is 37.9 Å². The van der Waals surface area contributed by atoms with Crippen LogP contribution in [0.25, 0.3) is 0 Å². The molecule has 1 aliphatic heterocycles. The molecule has 0 unspecified atom stereocenters. The van der Waals surface area contributed by atoms with Gasteiger partial charge in [-0.3, -0.25) is 4.21 Å². The lowest BCUT2D eigenvalue weighted by atomic mass is 10.2. The first kappa shape index (κ1) is 7.26. The van der Waals surface area contributed by atoms with Crippen molar-refractivity contribution < 1.29 is 4.21 Å². The monoisotopic (exact) mass is 146 g/mol. The fourth-order valence-corrected chi connectivity index (χ4v) is 2.51. The van der Waals surface area contributed by atoms with Crippen LogP contribution in [0.15, 0.2) is 0 Å². The fraction of sp³-hybridized carbons (Fsp3) is 1.00. The maximum atomic E-state index is 11.1. The molecule has 0 saturated carbocycles. The van der Waals surface area contributed by atoms with Gasteiger partial charge in [0.15, 0.2) is 0 Å². The van der Waals surface area contributed by atoms with Crippen LogP contribution in [0.1, 0.15) is 32.6 Å². The van der Waals surface area contributed by atoms with E-state index in [1.165, 1.54) is 25.7 Å². The van der Waals surface area contributed by atoms with Crippen LogP contribution in [-0.2, 0) is 10.8 Å². The van der Waals surface area contributed by atoms with E-state index in [-0.39, 0.29) is 0 Å². The zero-order valence-electron chi connectivity index (χ0n) is 5.93. The van der Waals surface area contributed by atoms with Crippen LogP contribution in [0.5, 0.6) is 0 Å². The summed E-state index contributed by atoms with van der Waals surface area (Å²) in [5.41, 5.74) is 0. The third kappa shape index (κ3) is 2.09. The van der Waals surface area contributed by atoms with Crippen molar-refractivity contribution in [1.82, 2.24) is 0 Å². The summed E-state index contributed by atoms with van der Waals surface area (Å²) in [6.45, 7) is 2.10. The van der Waals surface area contributed by atoms with Gasteiger partial charge in [0.2, 0.25) is 0 Å². The van der Waals surface area contributed by atoms with Gasteiger partial charge in [-0.2, -0.15) is 0 Å². The van der Waals surface area contributed by atoms with Gasteiger partial charge in [0, 0.05) is 21.8 Å². The van der Waals surface area contributed by atoms with Gasteiger partial charge in [-0.15, -0.1) is 0 Å². The molecule has 54 valence electrons. The van der Waals surface area contributed by atoms with Gasteiger partial charge in [0.25, 0.3) is 0 Å². The molecule has 2 heteroatoms. The average Bonchev–Trinajstić information content (AvgIpc) is 1.99. The molecule has 1 nitrogen and oxygen atoms in total. The lowest BCUT2D eigenvalue weighted by molar-refractivity contribution is 0.662. The van der Waals surface area contributed by atoms with E-state index >= 15 is 0 Å². The van der Waals surface area contributed by atoms with Crippen LogP contribution >= 0.6 is 0 Å². The van der Waals surface area contributed by atoms with E-state index < -0.39 is 10.8 Å². The minimum atomic E-state index is -0.502. The van der Waals surface area contributed by atoms with E-state index in [0.717, 1.165) is 5.75 Å². The lowest BCUT2D eigenvalue weighted by Gasteiger charge is -2.03. The molecule has 9 heavy (non-hydrogen) atoms. The molecule has 2 atom stereocenters. The zero-order valence-corrected chi connectivity index (χ0v) is 6.75. The quantitative estimate of drug-likeness (QED) is 0.508. The van der Waals surface area contributed by atoms with Gasteiger partial charge < -0.3 is 0 Å². The van der Waals surface area contributed by atoms with Crippen molar-refractivity contribution in [2.75, 3.05) is 5.75 Å². The molecular weight excluding hydrogens is 132 g/mol. The van der Waals surface area contributed by atoms with Crippen LogP contribution in [0, 0.1) is 0 Å². The zero-order chi connectivity index (χ0) is 6.69. The van der Waals surface area contributed by atoms with E-state index in [2.05, 4.69) is 6.92 Å². The molecule has 1 heterocycles. The first-order chi connectivity index (χ1) is 4.30. The third-order valence-corrected chi connectivity index (χ3v) is 3.73. The van der Waals surface area contributed by atoms with E-state index in [0.29, 0.717) is 5.25 Å². The summed E-state index contributed by atoms with van der Waals surface area (Å²) >= 11 is 0. The molecule has 0 aromatic carbocycles. The molecule has 0 aliphatic carbocycles. The molecule has 1 fully saturated rings. The average molecular weight is 146 g/mol.